The number of nitrogens with one attached hydrogen (secondary N) is 1. The van der Waals surface area contributed by atoms with Crippen LogP contribution in [0, 0.1) is 5.82 Å². The van der Waals surface area contributed by atoms with Gasteiger partial charge in [-0.2, -0.15) is 0 Å². The van der Waals surface area contributed by atoms with Gasteiger partial charge >= 0.3 is 0 Å². The van der Waals surface area contributed by atoms with E-state index >= 15 is 0 Å². The van der Waals surface area contributed by atoms with Crippen molar-refractivity contribution in [1.82, 2.24) is 20.2 Å². The number of thiophene rings is 1. The smallest absolute Gasteiger partial charge is 0.277 e. The van der Waals surface area contributed by atoms with Crippen molar-refractivity contribution in [3.05, 3.63) is 80.9 Å². The first kappa shape index (κ1) is 19.9. The van der Waals surface area contributed by atoms with E-state index < -0.39 is 0 Å². The van der Waals surface area contributed by atoms with Crippen LogP contribution in [0.15, 0.2) is 68.3 Å². The molecule has 0 aliphatic heterocycles. The van der Waals surface area contributed by atoms with Crippen LogP contribution in [0.2, 0.25) is 5.02 Å². The van der Waals surface area contributed by atoms with Crippen molar-refractivity contribution in [2.45, 2.75) is 11.0 Å². The number of rotatable bonds is 5. The van der Waals surface area contributed by atoms with Crippen LogP contribution < -0.4 is 5.56 Å². The van der Waals surface area contributed by atoms with Crippen LogP contribution in [-0.4, -0.2) is 20.2 Å². The molecule has 6 nitrogen and oxygen atoms in total. The van der Waals surface area contributed by atoms with E-state index in [1.165, 1.54) is 35.2 Å². The summed E-state index contributed by atoms with van der Waals surface area (Å²) in [5, 5.41) is 11.3. The second-order valence-electron chi connectivity index (χ2n) is 6.49. The highest BCUT2D eigenvalue weighted by Gasteiger charge is 2.16. The predicted octanol–water partition coefficient (Wildman–Crippen LogP) is 5.79. The third-order valence-corrected chi connectivity index (χ3v) is 6.52. The summed E-state index contributed by atoms with van der Waals surface area (Å²) in [5.74, 6) is 0.795. The summed E-state index contributed by atoms with van der Waals surface area (Å²) in [7, 11) is 0. The largest absolute Gasteiger partial charge is 0.411 e. The number of aromatic amines is 1. The standard InChI is InChI=1S/C21H12ClFN4O2S2/c22-15-4-2-1-3-13(15)14-9-30-20-17(14)18(28)24-16(25-20)10-31-21-27-26-19(29-21)11-5-7-12(23)8-6-11/h1-9H,10H2,(H,24,25,28). The molecule has 31 heavy (non-hydrogen) atoms. The molecule has 2 aromatic carbocycles. The second kappa shape index (κ2) is 8.26. The minimum Gasteiger partial charge on any atom is -0.411 e. The van der Waals surface area contributed by atoms with E-state index in [9.17, 15) is 9.18 Å². The Labute approximate surface area is 188 Å². The number of H-pyrrole nitrogens is 1. The number of aromatic nitrogens is 4. The molecule has 0 amide bonds. The van der Waals surface area contributed by atoms with Crippen molar-refractivity contribution in [1.29, 1.82) is 0 Å². The molecule has 154 valence electrons. The zero-order valence-electron chi connectivity index (χ0n) is 15.6. The maximum Gasteiger partial charge on any atom is 0.277 e. The fraction of sp³-hybridized carbons (Fsp3) is 0.0476. The van der Waals surface area contributed by atoms with E-state index in [1.54, 1.807) is 18.2 Å². The van der Waals surface area contributed by atoms with Gasteiger partial charge in [-0.15, -0.1) is 21.5 Å². The van der Waals surface area contributed by atoms with Crippen LogP contribution in [0.5, 0.6) is 0 Å². The molecule has 5 rings (SSSR count). The first-order chi connectivity index (χ1) is 15.1. The van der Waals surface area contributed by atoms with Crippen molar-refractivity contribution >= 4 is 44.9 Å². The van der Waals surface area contributed by atoms with Gasteiger partial charge in [-0.05, 0) is 30.3 Å². The van der Waals surface area contributed by atoms with E-state index in [1.807, 2.05) is 23.6 Å². The molecule has 5 aromatic rings. The Balaban J connectivity index is 1.38. The summed E-state index contributed by atoms with van der Waals surface area (Å²) in [6, 6.07) is 13.2. The van der Waals surface area contributed by atoms with Crippen molar-refractivity contribution in [3.63, 3.8) is 0 Å². The van der Waals surface area contributed by atoms with Gasteiger partial charge in [-0.3, -0.25) is 4.79 Å². The van der Waals surface area contributed by atoms with Gasteiger partial charge in [0.25, 0.3) is 10.8 Å². The fourth-order valence-corrected chi connectivity index (χ4v) is 4.88. The molecular weight excluding hydrogens is 459 g/mol. The summed E-state index contributed by atoms with van der Waals surface area (Å²) in [5.41, 5.74) is 1.96. The lowest BCUT2D eigenvalue weighted by atomic mass is 10.1. The number of hydrogen-bond acceptors (Lipinski definition) is 7. The molecule has 1 N–H and O–H groups in total. The van der Waals surface area contributed by atoms with Gasteiger partial charge in [0.15, 0.2) is 0 Å². The number of thioether (sulfide) groups is 1. The maximum atomic E-state index is 13.1. The number of fused-ring (bicyclic) bond motifs is 1. The Kier molecular flexibility index (Phi) is 5.31. The first-order valence-corrected chi connectivity index (χ1v) is 11.3. The highest BCUT2D eigenvalue weighted by molar-refractivity contribution is 7.98. The third kappa shape index (κ3) is 3.99. The van der Waals surface area contributed by atoms with Gasteiger partial charge in [-0.25, -0.2) is 9.37 Å². The molecule has 0 saturated heterocycles. The molecule has 3 heterocycles. The molecule has 0 unspecified atom stereocenters. The normalized spacial score (nSPS) is 11.3. The average molecular weight is 471 g/mol. The molecule has 0 spiro atoms. The van der Waals surface area contributed by atoms with E-state index in [4.69, 9.17) is 16.0 Å². The summed E-state index contributed by atoms with van der Waals surface area (Å²) in [6.07, 6.45) is 0. The monoisotopic (exact) mass is 470 g/mol. The van der Waals surface area contributed by atoms with E-state index in [0.717, 1.165) is 11.1 Å². The Bertz CT molecular complexity index is 1450. The van der Waals surface area contributed by atoms with Gasteiger partial charge in [0.05, 0.1) is 11.1 Å². The Morgan fingerprint density at radius 3 is 2.71 bits per heavy atom. The SMILES string of the molecule is O=c1[nH]c(CSc2nnc(-c3ccc(F)cc3)o2)nc2scc(-c3ccccc3Cl)c12. The molecule has 0 bridgehead atoms. The van der Waals surface area contributed by atoms with Crippen molar-refractivity contribution in [3.8, 4) is 22.6 Å². The highest BCUT2D eigenvalue weighted by atomic mass is 35.5. The van der Waals surface area contributed by atoms with Gasteiger partial charge in [0.2, 0.25) is 5.89 Å². The lowest BCUT2D eigenvalue weighted by Crippen LogP contribution is -2.10. The fourth-order valence-electron chi connectivity index (χ4n) is 3.05. The maximum absolute atomic E-state index is 13.1. The molecule has 3 aromatic heterocycles. The number of benzene rings is 2. The Morgan fingerprint density at radius 1 is 1.10 bits per heavy atom. The zero-order valence-corrected chi connectivity index (χ0v) is 18.0. The van der Waals surface area contributed by atoms with E-state index in [2.05, 4.69) is 20.2 Å². The molecular formula is C21H12ClFN4O2S2. The first-order valence-electron chi connectivity index (χ1n) is 9.06. The molecule has 0 aliphatic rings. The molecule has 0 fully saturated rings. The predicted molar refractivity (Wildman–Crippen MR) is 120 cm³/mol. The molecule has 0 aliphatic carbocycles. The summed E-state index contributed by atoms with van der Waals surface area (Å²) in [6.45, 7) is 0. The number of nitrogens with zero attached hydrogens (tertiary/aromatic N) is 3. The third-order valence-electron chi connectivity index (χ3n) is 4.49. The van der Waals surface area contributed by atoms with Crippen molar-refractivity contribution in [2.24, 2.45) is 0 Å². The Hall–Kier alpha value is -3.01. The van der Waals surface area contributed by atoms with Gasteiger partial charge in [-0.1, -0.05) is 41.6 Å². The lowest BCUT2D eigenvalue weighted by molar-refractivity contribution is 0.465. The van der Waals surface area contributed by atoms with Gasteiger partial charge in [0.1, 0.15) is 16.5 Å². The van der Waals surface area contributed by atoms with Crippen LogP contribution >= 0.6 is 34.7 Å². The number of halogens is 2. The highest BCUT2D eigenvalue weighted by Crippen LogP contribution is 2.35. The number of hydrogen-bond donors (Lipinski definition) is 1. The van der Waals surface area contributed by atoms with Crippen LogP contribution in [0.25, 0.3) is 32.8 Å². The van der Waals surface area contributed by atoms with E-state index in [0.29, 0.717) is 43.5 Å². The minimum atomic E-state index is -0.338. The molecule has 0 atom stereocenters. The lowest BCUT2D eigenvalue weighted by Gasteiger charge is -2.03. The van der Waals surface area contributed by atoms with Crippen LogP contribution in [-0.2, 0) is 5.75 Å². The van der Waals surface area contributed by atoms with E-state index in [-0.39, 0.29) is 11.4 Å². The van der Waals surface area contributed by atoms with Crippen LogP contribution in [0.3, 0.4) is 0 Å². The van der Waals surface area contributed by atoms with Gasteiger partial charge < -0.3 is 9.40 Å². The zero-order chi connectivity index (χ0) is 21.4. The Morgan fingerprint density at radius 2 is 1.90 bits per heavy atom. The van der Waals surface area contributed by atoms with Crippen molar-refractivity contribution < 1.29 is 8.81 Å². The summed E-state index contributed by atoms with van der Waals surface area (Å²) in [4.78, 5) is 20.8. The van der Waals surface area contributed by atoms with Crippen molar-refractivity contribution in [2.75, 3.05) is 0 Å². The molecule has 0 radical (unpaired) electrons. The average Bonchev–Trinajstić information content (AvgIpc) is 3.41. The van der Waals surface area contributed by atoms with Crippen LogP contribution in [0.4, 0.5) is 4.39 Å². The summed E-state index contributed by atoms with van der Waals surface area (Å²) >= 11 is 8.94. The second-order valence-corrected chi connectivity index (χ2v) is 8.68. The molecule has 0 saturated carbocycles. The summed E-state index contributed by atoms with van der Waals surface area (Å²) < 4.78 is 18.7. The van der Waals surface area contributed by atoms with Crippen LogP contribution in [0.1, 0.15) is 5.82 Å². The molecule has 10 heteroatoms. The quantitative estimate of drug-likeness (QED) is 0.327. The minimum absolute atomic E-state index is 0.227. The topological polar surface area (TPSA) is 84.7 Å². The van der Waals surface area contributed by atoms with Gasteiger partial charge in [0, 0.05) is 27.1 Å².